The Balaban J connectivity index is 2.27. The van der Waals surface area contributed by atoms with E-state index in [1.807, 2.05) is 0 Å². The number of alkyl halides is 3. The van der Waals surface area contributed by atoms with Crippen molar-refractivity contribution < 1.29 is 22.8 Å². The number of halogens is 4. The molecule has 3 heterocycles. The summed E-state index contributed by atoms with van der Waals surface area (Å²) < 4.78 is 41.2. The number of fused-ring (bicyclic) bond motifs is 1. The van der Waals surface area contributed by atoms with Gasteiger partial charge in [0.05, 0.1) is 24.7 Å². The number of aromatic nitrogens is 3. The molecule has 0 aliphatic rings. The molecule has 0 saturated carbocycles. The molecule has 0 bridgehead atoms. The van der Waals surface area contributed by atoms with E-state index in [0.717, 1.165) is 17.3 Å². The summed E-state index contributed by atoms with van der Waals surface area (Å²) in [4.78, 5) is 37.9. The number of hydrogen-bond donors (Lipinski definition) is 0. The van der Waals surface area contributed by atoms with Gasteiger partial charge in [-0.05, 0) is 40.2 Å². The monoisotopic (exact) mass is 470 g/mol. The lowest BCUT2D eigenvalue weighted by atomic mass is 10.1. The van der Waals surface area contributed by atoms with Crippen LogP contribution in [0.25, 0.3) is 11.0 Å². The maximum atomic E-state index is 13.1. The fourth-order valence-electron chi connectivity index (χ4n) is 2.66. The van der Waals surface area contributed by atoms with Crippen molar-refractivity contribution in [2.24, 2.45) is 0 Å². The minimum Gasteiger partial charge on any atom is -0.325 e. The average molecular weight is 471 g/mol. The molecular weight excluding hydrogens is 457 g/mol. The van der Waals surface area contributed by atoms with Crippen molar-refractivity contribution in [2.75, 3.05) is 14.2 Å². The molecule has 0 aliphatic carbocycles. The van der Waals surface area contributed by atoms with Gasteiger partial charge in [0.2, 0.25) is 5.43 Å². The molecule has 0 aliphatic heterocycles. The van der Waals surface area contributed by atoms with Crippen LogP contribution in [0.3, 0.4) is 0 Å². The van der Waals surface area contributed by atoms with Crippen molar-refractivity contribution in [1.82, 2.24) is 19.6 Å². The van der Waals surface area contributed by atoms with E-state index in [0.29, 0.717) is 16.4 Å². The van der Waals surface area contributed by atoms with E-state index in [1.54, 1.807) is 18.2 Å². The van der Waals surface area contributed by atoms with E-state index in [-0.39, 0.29) is 23.1 Å². The second-order valence-electron chi connectivity index (χ2n) is 6.00. The van der Waals surface area contributed by atoms with Crippen LogP contribution in [0.2, 0.25) is 0 Å². The Hall–Kier alpha value is -2.79. The molecule has 0 N–H and O–H groups in total. The molecule has 0 atom stereocenters. The summed E-state index contributed by atoms with van der Waals surface area (Å²) in [5.74, 6) is -0.741. The Kier molecular flexibility index (Phi) is 5.71. The highest BCUT2D eigenvalue weighted by atomic mass is 79.9. The normalized spacial score (nSPS) is 11.7. The maximum Gasteiger partial charge on any atom is 0.433 e. The van der Waals surface area contributed by atoms with Gasteiger partial charge in [0.15, 0.2) is 0 Å². The van der Waals surface area contributed by atoms with Crippen LogP contribution in [-0.4, -0.2) is 39.7 Å². The fourth-order valence-corrected chi connectivity index (χ4v) is 3.04. The fraction of sp³-hybridized carbons (Fsp3) is 0.222. The van der Waals surface area contributed by atoms with Gasteiger partial charge in [-0.3, -0.25) is 14.4 Å². The smallest absolute Gasteiger partial charge is 0.325 e. The Morgan fingerprint density at radius 3 is 2.59 bits per heavy atom. The third kappa shape index (κ3) is 4.30. The van der Waals surface area contributed by atoms with Crippen LogP contribution < -0.4 is 5.43 Å². The molecule has 3 aromatic rings. The van der Waals surface area contributed by atoms with E-state index in [2.05, 4.69) is 25.9 Å². The molecule has 1 amide bonds. The molecule has 0 fully saturated rings. The van der Waals surface area contributed by atoms with Crippen molar-refractivity contribution in [3.8, 4) is 0 Å². The van der Waals surface area contributed by atoms with Crippen LogP contribution in [0.15, 0.2) is 45.9 Å². The number of nitrogens with zero attached hydrogens (tertiary/aromatic N) is 4. The van der Waals surface area contributed by atoms with Gasteiger partial charge in [-0.2, -0.15) is 13.2 Å². The van der Waals surface area contributed by atoms with E-state index >= 15 is 0 Å². The number of carbonyl (C=O) groups excluding carboxylic acids is 1. The van der Waals surface area contributed by atoms with Gasteiger partial charge in [0.1, 0.15) is 21.5 Å². The first-order valence-corrected chi connectivity index (χ1v) is 8.96. The summed E-state index contributed by atoms with van der Waals surface area (Å²) >= 11 is 3.23. The van der Waals surface area contributed by atoms with E-state index < -0.39 is 23.2 Å². The van der Waals surface area contributed by atoms with Crippen LogP contribution in [-0.2, 0) is 17.6 Å². The molecule has 3 rings (SSSR count). The van der Waals surface area contributed by atoms with Gasteiger partial charge in [-0.15, -0.1) is 0 Å². The number of rotatable bonds is 4. The highest BCUT2D eigenvalue weighted by Crippen LogP contribution is 2.28. The number of hydroxylamine groups is 2. The predicted octanol–water partition coefficient (Wildman–Crippen LogP) is 3.25. The molecule has 0 unspecified atom stereocenters. The van der Waals surface area contributed by atoms with Gasteiger partial charge in [-0.1, -0.05) is 6.07 Å². The van der Waals surface area contributed by atoms with Gasteiger partial charge in [-0.25, -0.2) is 15.0 Å². The molecule has 3 aromatic heterocycles. The summed E-state index contributed by atoms with van der Waals surface area (Å²) in [6, 6.07) is 6.78. The van der Waals surface area contributed by atoms with Crippen molar-refractivity contribution in [2.45, 2.75) is 12.7 Å². The standard InChI is InChI=1S/C18H14BrF3N4O3/c1-25(29-2)17(28)12-9-26(8-10-4-3-5-14(19)23-10)16-11(15(12)27)6-7-13(24-16)18(20,21)22/h3-7,9H,8H2,1-2H3. The highest BCUT2D eigenvalue weighted by molar-refractivity contribution is 9.10. The third-order valence-corrected chi connectivity index (χ3v) is 4.55. The SMILES string of the molecule is CON(C)C(=O)c1cn(Cc2cccc(Br)n2)c2nc(C(F)(F)F)ccc2c1=O. The number of hydrogen-bond acceptors (Lipinski definition) is 5. The summed E-state index contributed by atoms with van der Waals surface area (Å²) in [5.41, 5.74) is -1.87. The molecular formula is C18H14BrF3N4O3. The van der Waals surface area contributed by atoms with Crippen LogP contribution >= 0.6 is 15.9 Å². The van der Waals surface area contributed by atoms with E-state index in [9.17, 15) is 22.8 Å². The average Bonchev–Trinajstić information content (AvgIpc) is 2.68. The Morgan fingerprint density at radius 2 is 1.97 bits per heavy atom. The summed E-state index contributed by atoms with van der Waals surface area (Å²) in [6.07, 6.45) is -3.52. The Bertz CT molecular complexity index is 1150. The second kappa shape index (κ2) is 7.91. The predicted molar refractivity (Wildman–Crippen MR) is 101 cm³/mol. The van der Waals surface area contributed by atoms with Crippen LogP contribution in [0.5, 0.6) is 0 Å². The zero-order valence-electron chi connectivity index (χ0n) is 15.2. The Morgan fingerprint density at radius 1 is 1.24 bits per heavy atom. The zero-order chi connectivity index (χ0) is 21.3. The van der Waals surface area contributed by atoms with Crippen LogP contribution in [0.4, 0.5) is 13.2 Å². The summed E-state index contributed by atoms with van der Waals surface area (Å²) in [7, 11) is 2.57. The number of carbonyl (C=O) groups is 1. The van der Waals surface area contributed by atoms with Crippen molar-refractivity contribution in [3.63, 3.8) is 0 Å². The van der Waals surface area contributed by atoms with Gasteiger partial charge < -0.3 is 4.57 Å². The lowest BCUT2D eigenvalue weighted by molar-refractivity contribution is -0.141. The molecule has 152 valence electrons. The molecule has 7 nitrogen and oxygen atoms in total. The number of amides is 1. The maximum absolute atomic E-state index is 13.1. The first-order chi connectivity index (χ1) is 13.6. The molecule has 11 heteroatoms. The van der Waals surface area contributed by atoms with Crippen molar-refractivity contribution in [3.05, 3.63) is 68.3 Å². The van der Waals surface area contributed by atoms with Crippen LogP contribution in [0, 0.1) is 0 Å². The first kappa shape index (κ1) is 20.9. The van der Waals surface area contributed by atoms with Gasteiger partial charge >= 0.3 is 6.18 Å². The van der Waals surface area contributed by atoms with E-state index in [4.69, 9.17) is 4.84 Å². The van der Waals surface area contributed by atoms with Crippen molar-refractivity contribution in [1.29, 1.82) is 0 Å². The summed E-state index contributed by atoms with van der Waals surface area (Å²) in [6.45, 7) is -0.0124. The number of pyridine rings is 3. The molecule has 0 spiro atoms. The first-order valence-electron chi connectivity index (χ1n) is 8.17. The minimum atomic E-state index is -4.69. The third-order valence-electron chi connectivity index (χ3n) is 4.11. The van der Waals surface area contributed by atoms with Crippen LogP contribution in [0.1, 0.15) is 21.7 Å². The van der Waals surface area contributed by atoms with Gasteiger partial charge in [0, 0.05) is 13.2 Å². The van der Waals surface area contributed by atoms with Crippen molar-refractivity contribution >= 4 is 32.9 Å². The topological polar surface area (TPSA) is 77.3 Å². The Labute approximate surface area is 170 Å². The molecule has 0 aromatic carbocycles. The highest BCUT2D eigenvalue weighted by Gasteiger charge is 2.33. The lowest BCUT2D eigenvalue weighted by Crippen LogP contribution is -2.31. The largest absolute Gasteiger partial charge is 0.433 e. The molecule has 0 radical (unpaired) electrons. The molecule has 0 saturated heterocycles. The van der Waals surface area contributed by atoms with E-state index in [1.165, 1.54) is 18.7 Å². The van der Waals surface area contributed by atoms with Gasteiger partial charge in [0.25, 0.3) is 5.91 Å². The zero-order valence-corrected chi connectivity index (χ0v) is 16.8. The minimum absolute atomic E-state index is 0.0124. The quantitative estimate of drug-likeness (QED) is 0.432. The molecule has 29 heavy (non-hydrogen) atoms. The lowest BCUT2D eigenvalue weighted by Gasteiger charge is -2.17. The summed E-state index contributed by atoms with van der Waals surface area (Å²) in [5, 5.41) is 0.727. The second-order valence-corrected chi connectivity index (χ2v) is 6.81.